The van der Waals surface area contributed by atoms with Crippen molar-refractivity contribution in [2.75, 3.05) is 5.32 Å². The van der Waals surface area contributed by atoms with Crippen molar-refractivity contribution >= 4 is 11.6 Å². The summed E-state index contributed by atoms with van der Waals surface area (Å²) in [5.74, 6) is -3.17. The van der Waals surface area contributed by atoms with Crippen LogP contribution in [-0.2, 0) is 0 Å². The lowest BCUT2D eigenvalue weighted by atomic mass is 10.2. The fraction of sp³-hybridized carbons (Fsp3) is 0. The molecule has 1 N–H and O–H groups in total. The Morgan fingerprint density at radius 1 is 0.944 bits per heavy atom. The van der Waals surface area contributed by atoms with Crippen molar-refractivity contribution in [3.8, 4) is 0 Å². The number of hydrogen-bond donors (Lipinski definition) is 1. The van der Waals surface area contributed by atoms with E-state index < -0.39 is 28.9 Å². The van der Waals surface area contributed by atoms with Crippen LogP contribution in [0.4, 0.5) is 18.9 Å². The maximum absolute atomic E-state index is 13.3. The lowest BCUT2D eigenvalue weighted by Crippen LogP contribution is -2.15. The van der Waals surface area contributed by atoms with Gasteiger partial charge in [-0.2, -0.15) is 0 Å². The van der Waals surface area contributed by atoms with E-state index in [1.807, 2.05) is 0 Å². The van der Waals surface area contributed by atoms with Crippen LogP contribution in [-0.4, -0.2) is 5.91 Å². The molecule has 0 aliphatic rings. The number of anilines is 1. The molecule has 0 spiro atoms. The standard InChI is InChI=1S/C13H8F3NO/c14-8-5-6-10(15)9(7-8)13(18)17-12-4-2-1-3-11(12)16/h1-7H,(H,17,18). The number of benzene rings is 2. The number of carbonyl (C=O) groups is 1. The fourth-order valence-corrected chi connectivity index (χ4v) is 1.42. The Bertz CT molecular complexity index is 599. The van der Waals surface area contributed by atoms with E-state index in [1.165, 1.54) is 18.2 Å². The van der Waals surface area contributed by atoms with E-state index in [0.29, 0.717) is 0 Å². The average molecular weight is 251 g/mol. The van der Waals surface area contributed by atoms with Gasteiger partial charge in [0.1, 0.15) is 17.5 Å². The van der Waals surface area contributed by atoms with Gasteiger partial charge in [-0.3, -0.25) is 4.79 Å². The summed E-state index contributed by atoms with van der Waals surface area (Å²) in [4.78, 5) is 11.7. The molecule has 2 nitrogen and oxygen atoms in total. The third-order valence-corrected chi connectivity index (χ3v) is 2.30. The molecule has 2 aromatic rings. The molecule has 0 atom stereocenters. The maximum atomic E-state index is 13.3. The summed E-state index contributed by atoms with van der Waals surface area (Å²) in [6, 6.07) is 7.93. The van der Waals surface area contributed by atoms with Crippen LogP contribution in [0.25, 0.3) is 0 Å². The van der Waals surface area contributed by atoms with E-state index in [1.54, 1.807) is 0 Å². The Hall–Kier alpha value is -2.30. The number of rotatable bonds is 2. The molecule has 0 fully saturated rings. The summed E-state index contributed by atoms with van der Waals surface area (Å²) in [6.07, 6.45) is 0. The highest BCUT2D eigenvalue weighted by molar-refractivity contribution is 6.04. The average Bonchev–Trinajstić information content (AvgIpc) is 2.35. The van der Waals surface area contributed by atoms with E-state index in [4.69, 9.17) is 0 Å². The lowest BCUT2D eigenvalue weighted by molar-refractivity contribution is 0.102. The second kappa shape index (κ2) is 4.91. The Morgan fingerprint density at radius 2 is 1.67 bits per heavy atom. The highest BCUT2D eigenvalue weighted by Crippen LogP contribution is 2.16. The predicted octanol–water partition coefficient (Wildman–Crippen LogP) is 3.36. The number of hydrogen-bond acceptors (Lipinski definition) is 1. The molecule has 0 aliphatic heterocycles. The van der Waals surface area contributed by atoms with Crippen molar-refractivity contribution in [2.45, 2.75) is 0 Å². The number of amides is 1. The van der Waals surface area contributed by atoms with E-state index >= 15 is 0 Å². The molecule has 5 heteroatoms. The molecular formula is C13H8F3NO. The Labute approximate surface area is 101 Å². The van der Waals surface area contributed by atoms with Crippen LogP contribution in [0.1, 0.15) is 10.4 Å². The molecule has 0 saturated heterocycles. The van der Waals surface area contributed by atoms with Gasteiger partial charge in [0, 0.05) is 0 Å². The minimum absolute atomic E-state index is 0.0915. The molecule has 0 aliphatic carbocycles. The first-order chi connectivity index (χ1) is 8.58. The number of halogens is 3. The number of nitrogens with one attached hydrogen (secondary N) is 1. The first kappa shape index (κ1) is 12.2. The Balaban J connectivity index is 2.28. The molecule has 0 aromatic heterocycles. The molecule has 18 heavy (non-hydrogen) atoms. The second-order valence-corrected chi connectivity index (χ2v) is 3.56. The third kappa shape index (κ3) is 2.51. The van der Waals surface area contributed by atoms with Crippen molar-refractivity contribution in [1.29, 1.82) is 0 Å². The van der Waals surface area contributed by atoms with Crippen LogP contribution >= 0.6 is 0 Å². The minimum Gasteiger partial charge on any atom is -0.319 e. The zero-order chi connectivity index (χ0) is 13.1. The lowest BCUT2D eigenvalue weighted by Gasteiger charge is -2.06. The van der Waals surface area contributed by atoms with Gasteiger partial charge in [-0.1, -0.05) is 12.1 Å². The predicted molar refractivity (Wildman–Crippen MR) is 60.7 cm³/mol. The van der Waals surface area contributed by atoms with Crippen LogP contribution in [0.5, 0.6) is 0 Å². The summed E-state index contributed by atoms with van der Waals surface area (Å²) in [5.41, 5.74) is -0.565. The summed E-state index contributed by atoms with van der Waals surface area (Å²) in [7, 11) is 0. The van der Waals surface area contributed by atoms with Crippen molar-refractivity contribution in [3.63, 3.8) is 0 Å². The van der Waals surface area contributed by atoms with E-state index in [2.05, 4.69) is 5.32 Å². The normalized spacial score (nSPS) is 10.2. The topological polar surface area (TPSA) is 29.1 Å². The molecule has 2 rings (SSSR count). The first-order valence-corrected chi connectivity index (χ1v) is 5.09. The van der Waals surface area contributed by atoms with Crippen LogP contribution in [0.15, 0.2) is 42.5 Å². The van der Waals surface area contributed by atoms with Crippen molar-refractivity contribution in [1.82, 2.24) is 0 Å². The summed E-state index contributed by atoms with van der Waals surface area (Å²) >= 11 is 0. The van der Waals surface area contributed by atoms with Gasteiger partial charge >= 0.3 is 0 Å². The fourth-order valence-electron chi connectivity index (χ4n) is 1.42. The number of para-hydroxylation sites is 1. The molecule has 0 saturated carbocycles. The van der Waals surface area contributed by atoms with Gasteiger partial charge in [0.05, 0.1) is 11.3 Å². The molecule has 0 radical (unpaired) electrons. The third-order valence-electron chi connectivity index (χ3n) is 2.30. The summed E-state index contributed by atoms with van der Waals surface area (Å²) < 4.78 is 39.5. The Morgan fingerprint density at radius 3 is 2.39 bits per heavy atom. The van der Waals surface area contributed by atoms with Gasteiger partial charge in [0.25, 0.3) is 5.91 Å². The van der Waals surface area contributed by atoms with Crippen molar-refractivity contribution in [2.24, 2.45) is 0 Å². The molecule has 1 amide bonds. The monoisotopic (exact) mass is 251 g/mol. The minimum atomic E-state index is -0.905. The van der Waals surface area contributed by atoms with Crippen molar-refractivity contribution < 1.29 is 18.0 Å². The van der Waals surface area contributed by atoms with Gasteiger partial charge < -0.3 is 5.32 Å². The largest absolute Gasteiger partial charge is 0.319 e. The highest BCUT2D eigenvalue weighted by Gasteiger charge is 2.14. The SMILES string of the molecule is O=C(Nc1ccccc1F)c1cc(F)ccc1F. The second-order valence-electron chi connectivity index (χ2n) is 3.56. The molecule has 0 bridgehead atoms. The van der Waals surface area contributed by atoms with E-state index in [-0.39, 0.29) is 5.69 Å². The van der Waals surface area contributed by atoms with Crippen LogP contribution < -0.4 is 5.32 Å². The van der Waals surface area contributed by atoms with Gasteiger partial charge in [-0.15, -0.1) is 0 Å². The van der Waals surface area contributed by atoms with Gasteiger partial charge in [-0.25, -0.2) is 13.2 Å². The van der Waals surface area contributed by atoms with Gasteiger partial charge in [-0.05, 0) is 30.3 Å². The van der Waals surface area contributed by atoms with Crippen LogP contribution in [0, 0.1) is 17.5 Å². The zero-order valence-electron chi connectivity index (χ0n) is 9.08. The van der Waals surface area contributed by atoms with Crippen LogP contribution in [0.3, 0.4) is 0 Å². The van der Waals surface area contributed by atoms with Gasteiger partial charge in [0.15, 0.2) is 0 Å². The maximum Gasteiger partial charge on any atom is 0.258 e. The molecule has 0 heterocycles. The highest BCUT2D eigenvalue weighted by atomic mass is 19.1. The molecule has 2 aromatic carbocycles. The Kier molecular flexibility index (Phi) is 3.32. The molecular weight excluding hydrogens is 243 g/mol. The molecule has 0 unspecified atom stereocenters. The zero-order valence-corrected chi connectivity index (χ0v) is 9.08. The first-order valence-electron chi connectivity index (χ1n) is 5.09. The number of carbonyl (C=O) groups excluding carboxylic acids is 1. The van der Waals surface area contributed by atoms with E-state index in [9.17, 15) is 18.0 Å². The smallest absolute Gasteiger partial charge is 0.258 e. The van der Waals surface area contributed by atoms with Crippen molar-refractivity contribution in [3.05, 3.63) is 65.5 Å². The van der Waals surface area contributed by atoms with E-state index in [0.717, 1.165) is 24.3 Å². The van der Waals surface area contributed by atoms with Crippen LogP contribution in [0.2, 0.25) is 0 Å². The van der Waals surface area contributed by atoms with Gasteiger partial charge in [0.2, 0.25) is 0 Å². The summed E-state index contributed by atoms with van der Waals surface area (Å²) in [6.45, 7) is 0. The quantitative estimate of drug-likeness (QED) is 0.871. The summed E-state index contributed by atoms with van der Waals surface area (Å²) in [5, 5.41) is 2.17. The molecule has 92 valence electrons.